The van der Waals surface area contributed by atoms with Crippen molar-refractivity contribution in [3.63, 3.8) is 0 Å². The minimum atomic E-state index is 0.113. The number of imidazole rings is 1. The fourth-order valence-corrected chi connectivity index (χ4v) is 4.89. The van der Waals surface area contributed by atoms with E-state index in [0.29, 0.717) is 24.4 Å². The van der Waals surface area contributed by atoms with E-state index in [0.717, 1.165) is 41.7 Å². The second kappa shape index (κ2) is 6.62. The van der Waals surface area contributed by atoms with Gasteiger partial charge in [0.15, 0.2) is 0 Å². The molecular formula is C22H24N4O2. The number of amides is 1. The van der Waals surface area contributed by atoms with Gasteiger partial charge in [-0.3, -0.25) is 4.79 Å². The fraction of sp³-hybridized carbons (Fsp3) is 0.409. The number of carbonyl (C=O) groups is 1. The number of hydrogen-bond donors (Lipinski definition) is 0. The maximum atomic E-state index is 13.6. The smallest absolute Gasteiger partial charge is 0.258 e. The van der Waals surface area contributed by atoms with Gasteiger partial charge in [0, 0.05) is 48.4 Å². The molecule has 1 amide bonds. The number of aryl methyl sites for hydroxylation is 2. The van der Waals surface area contributed by atoms with E-state index >= 15 is 0 Å². The summed E-state index contributed by atoms with van der Waals surface area (Å²) in [4.78, 5) is 24.5. The Hall–Kier alpha value is -2.89. The van der Waals surface area contributed by atoms with Gasteiger partial charge in [-0.2, -0.15) is 0 Å². The lowest BCUT2D eigenvalue weighted by molar-refractivity contribution is 0.0710. The van der Waals surface area contributed by atoms with Gasteiger partial charge in [-0.05, 0) is 50.8 Å². The zero-order chi connectivity index (χ0) is 19.3. The number of aromatic nitrogens is 3. The predicted octanol–water partition coefficient (Wildman–Crippen LogP) is 3.42. The van der Waals surface area contributed by atoms with Gasteiger partial charge in [0.1, 0.15) is 5.65 Å². The summed E-state index contributed by atoms with van der Waals surface area (Å²) < 4.78 is 7.91. The van der Waals surface area contributed by atoms with E-state index in [2.05, 4.69) is 14.9 Å². The van der Waals surface area contributed by atoms with Crippen molar-refractivity contribution in [1.82, 2.24) is 19.3 Å². The standard InChI is InChI=1S/C22H24N4O2/c1-14-8-10-25-15(2)12-24-21(25)20(14)22(27)26-17-6-7-18(26)16(11-17)13-28-19-5-3-4-9-23-19/h3-5,8-10,12,16-18H,6-7,11,13H2,1-2H3. The third kappa shape index (κ3) is 2.66. The maximum Gasteiger partial charge on any atom is 0.258 e. The van der Waals surface area contributed by atoms with Crippen LogP contribution in [0.3, 0.4) is 0 Å². The quantitative estimate of drug-likeness (QED) is 0.700. The second-order valence-electron chi connectivity index (χ2n) is 7.95. The highest BCUT2D eigenvalue weighted by atomic mass is 16.5. The van der Waals surface area contributed by atoms with E-state index < -0.39 is 0 Å². The largest absolute Gasteiger partial charge is 0.477 e. The SMILES string of the molecule is Cc1ccn2c(C)cnc2c1C(=O)N1C2CCC1C(COc1ccccn1)C2. The van der Waals surface area contributed by atoms with Crippen molar-refractivity contribution in [3.8, 4) is 5.88 Å². The van der Waals surface area contributed by atoms with Crippen LogP contribution in [0.15, 0.2) is 42.9 Å². The Morgan fingerprint density at radius 2 is 2.11 bits per heavy atom. The molecule has 0 radical (unpaired) electrons. The summed E-state index contributed by atoms with van der Waals surface area (Å²) in [5.41, 5.74) is 3.51. The topological polar surface area (TPSA) is 59.7 Å². The van der Waals surface area contributed by atoms with Crippen LogP contribution in [-0.2, 0) is 0 Å². The van der Waals surface area contributed by atoms with E-state index in [4.69, 9.17) is 4.74 Å². The van der Waals surface area contributed by atoms with Gasteiger partial charge < -0.3 is 14.0 Å². The van der Waals surface area contributed by atoms with Crippen molar-refractivity contribution in [3.05, 3.63) is 59.7 Å². The molecule has 6 nitrogen and oxygen atoms in total. The molecule has 2 fully saturated rings. The first-order chi connectivity index (χ1) is 13.6. The summed E-state index contributed by atoms with van der Waals surface area (Å²) in [6.45, 7) is 4.61. The Morgan fingerprint density at radius 1 is 1.21 bits per heavy atom. The molecule has 28 heavy (non-hydrogen) atoms. The van der Waals surface area contributed by atoms with Crippen LogP contribution in [-0.4, -0.2) is 43.9 Å². The number of pyridine rings is 2. The molecule has 6 heteroatoms. The maximum absolute atomic E-state index is 13.6. The highest BCUT2D eigenvalue weighted by Crippen LogP contribution is 2.43. The van der Waals surface area contributed by atoms with Gasteiger partial charge >= 0.3 is 0 Å². The van der Waals surface area contributed by atoms with E-state index in [-0.39, 0.29) is 11.9 Å². The molecule has 2 bridgehead atoms. The average Bonchev–Trinajstić information content (AvgIpc) is 3.39. The van der Waals surface area contributed by atoms with E-state index in [1.807, 2.05) is 54.9 Å². The van der Waals surface area contributed by atoms with Crippen LogP contribution < -0.4 is 4.74 Å². The van der Waals surface area contributed by atoms with Gasteiger partial charge in [-0.15, -0.1) is 0 Å². The Bertz CT molecular complexity index is 1030. The first-order valence-corrected chi connectivity index (χ1v) is 9.93. The van der Waals surface area contributed by atoms with Crippen molar-refractivity contribution in [2.24, 2.45) is 5.92 Å². The minimum absolute atomic E-state index is 0.113. The van der Waals surface area contributed by atoms with Gasteiger partial charge in [-0.1, -0.05) is 6.07 Å². The van der Waals surface area contributed by atoms with Crippen molar-refractivity contribution >= 4 is 11.6 Å². The molecule has 3 unspecified atom stereocenters. The van der Waals surface area contributed by atoms with Gasteiger partial charge in [0.2, 0.25) is 5.88 Å². The Labute approximate surface area is 164 Å². The first-order valence-electron chi connectivity index (χ1n) is 9.93. The number of nitrogens with zero attached hydrogens (tertiary/aromatic N) is 4. The Balaban J connectivity index is 1.40. The van der Waals surface area contributed by atoms with Gasteiger partial charge in [0.05, 0.1) is 12.2 Å². The molecule has 144 valence electrons. The van der Waals surface area contributed by atoms with E-state index in [1.165, 1.54) is 0 Å². The monoisotopic (exact) mass is 376 g/mol. The summed E-state index contributed by atoms with van der Waals surface area (Å²) in [5.74, 6) is 1.12. The van der Waals surface area contributed by atoms with Crippen LogP contribution >= 0.6 is 0 Å². The van der Waals surface area contributed by atoms with Crippen molar-refractivity contribution in [2.45, 2.75) is 45.2 Å². The first kappa shape index (κ1) is 17.2. The summed E-state index contributed by atoms with van der Waals surface area (Å²) >= 11 is 0. The molecule has 5 heterocycles. The number of carbonyl (C=O) groups excluding carboxylic acids is 1. The minimum Gasteiger partial charge on any atom is -0.477 e. The third-order valence-electron chi connectivity index (χ3n) is 6.27. The molecule has 3 aromatic rings. The Morgan fingerprint density at radius 3 is 2.93 bits per heavy atom. The summed E-state index contributed by atoms with van der Waals surface area (Å²) in [6, 6.07) is 8.22. The summed E-state index contributed by atoms with van der Waals surface area (Å²) in [7, 11) is 0. The highest BCUT2D eigenvalue weighted by Gasteiger charge is 2.49. The molecule has 2 saturated heterocycles. The molecular weight excluding hydrogens is 352 g/mol. The predicted molar refractivity (Wildman–Crippen MR) is 105 cm³/mol. The molecule has 2 aliphatic rings. The molecule has 3 aromatic heterocycles. The molecule has 0 N–H and O–H groups in total. The lowest BCUT2D eigenvalue weighted by atomic mass is 9.90. The second-order valence-corrected chi connectivity index (χ2v) is 7.95. The van der Waals surface area contributed by atoms with Crippen molar-refractivity contribution in [1.29, 1.82) is 0 Å². The van der Waals surface area contributed by atoms with Crippen LogP contribution in [0.25, 0.3) is 5.65 Å². The van der Waals surface area contributed by atoms with Crippen LogP contribution in [0.2, 0.25) is 0 Å². The highest BCUT2D eigenvalue weighted by molar-refractivity contribution is 6.02. The number of fused-ring (bicyclic) bond motifs is 3. The van der Waals surface area contributed by atoms with Crippen LogP contribution in [0.5, 0.6) is 5.88 Å². The number of rotatable bonds is 4. The van der Waals surface area contributed by atoms with Crippen LogP contribution in [0.4, 0.5) is 0 Å². The van der Waals surface area contributed by atoms with Crippen molar-refractivity contribution < 1.29 is 9.53 Å². The molecule has 2 aliphatic heterocycles. The molecule has 0 aromatic carbocycles. The molecule has 0 saturated carbocycles. The summed E-state index contributed by atoms with van der Waals surface area (Å²) in [5, 5.41) is 0. The fourth-order valence-electron chi connectivity index (χ4n) is 4.89. The number of ether oxygens (including phenoxy) is 1. The lowest BCUT2D eigenvalue weighted by Crippen LogP contribution is -2.38. The zero-order valence-electron chi connectivity index (χ0n) is 16.2. The van der Waals surface area contributed by atoms with E-state index in [1.54, 1.807) is 6.20 Å². The van der Waals surface area contributed by atoms with Gasteiger partial charge in [-0.25, -0.2) is 9.97 Å². The molecule has 3 atom stereocenters. The van der Waals surface area contributed by atoms with Crippen molar-refractivity contribution in [2.75, 3.05) is 6.61 Å². The third-order valence-corrected chi connectivity index (χ3v) is 6.27. The zero-order valence-corrected chi connectivity index (χ0v) is 16.2. The average molecular weight is 376 g/mol. The molecule has 0 spiro atoms. The van der Waals surface area contributed by atoms with Gasteiger partial charge in [0.25, 0.3) is 5.91 Å². The van der Waals surface area contributed by atoms with E-state index in [9.17, 15) is 4.79 Å². The van der Waals surface area contributed by atoms with Crippen LogP contribution in [0.1, 0.15) is 40.9 Å². The Kier molecular flexibility index (Phi) is 4.07. The molecule has 5 rings (SSSR count). The summed E-state index contributed by atoms with van der Waals surface area (Å²) in [6.07, 6.45) is 8.68. The lowest BCUT2D eigenvalue weighted by Gasteiger charge is -2.25. The normalized spacial score (nSPS) is 23.5. The van der Waals surface area contributed by atoms with Crippen LogP contribution in [0, 0.1) is 19.8 Å². The molecule has 0 aliphatic carbocycles. The number of hydrogen-bond acceptors (Lipinski definition) is 4.